The molecule has 2 aliphatic rings. The summed E-state index contributed by atoms with van der Waals surface area (Å²) in [6.07, 6.45) is 0.769. The first kappa shape index (κ1) is 16.2. The van der Waals surface area contributed by atoms with Gasteiger partial charge in [0.2, 0.25) is 0 Å². The van der Waals surface area contributed by atoms with Crippen LogP contribution in [0.5, 0.6) is 0 Å². The lowest BCUT2D eigenvalue weighted by molar-refractivity contribution is -0.153. The van der Waals surface area contributed by atoms with Gasteiger partial charge in [0.15, 0.2) is 14.1 Å². The summed E-state index contributed by atoms with van der Waals surface area (Å²) < 4.78 is 17.9. The molecule has 0 aromatic carbocycles. The van der Waals surface area contributed by atoms with Gasteiger partial charge < -0.3 is 19.0 Å². The zero-order valence-electron chi connectivity index (χ0n) is 13.7. The Kier molecular flexibility index (Phi) is 3.98. The molecule has 0 spiro atoms. The summed E-state index contributed by atoms with van der Waals surface area (Å²) in [7, 11) is -1.79. The van der Waals surface area contributed by atoms with Crippen molar-refractivity contribution in [3.63, 3.8) is 0 Å². The summed E-state index contributed by atoms with van der Waals surface area (Å²) in [5.74, 6) is -0.632. The summed E-state index contributed by atoms with van der Waals surface area (Å²) in [5, 5.41) is 10.2. The highest BCUT2D eigenvalue weighted by Gasteiger charge is 2.50. The Bertz CT molecular complexity index is 409. The van der Waals surface area contributed by atoms with E-state index in [1.165, 1.54) is 0 Å². The molecule has 0 bridgehead atoms. The summed E-state index contributed by atoms with van der Waals surface area (Å²) in [6, 6.07) is 0. The number of hydrogen-bond donors (Lipinski definition) is 1. The van der Waals surface area contributed by atoms with Crippen LogP contribution in [0, 0.1) is 0 Å². The van der Waals surface area contributed by atoms with Crippen LogP contribution < -0.4 is 0 Å². The van der Waals surface area contributed by atoms with Crippen LogP contribution in [-0.2, 0) is 13.9 Å². The average Bonchev–Trinajstić information content (AvgIpc) is 2.70. The molecule has 1 heterocycles. The Morgan fingerprint density at radius 1 is 1.30 bits per heavy atom. The van der Waals surface area contributed by atoms with Crippen molar-refractivity contribution in [2.45, 2.75) is 76.8 Å². The molecule has 1 aliphatic carbocycles. The molecule has 5 heteroatoms. The van der Waals surface area contributed by atoms with E-state index in [9.17, 15) is 5.11 Å². The fourth-order valence-electron chi connectivity index (χ4n) is 2.35. The lowest BCUT2D eigenvalue weighted by Crippen LogP contribution is -2.41. The minimum atomic E-state index is -1.79. The lowest BCUT2D eigenvalue weighted by atomic mass is 10.1. The van der Waals surface area contributed by atoms with Gasteiger partial charge in [0.05, 0.1) is 6.61 Å². The Labute approximate surface area is 123 Å². The molecule has 0 aromatic rings. The number of rotatable bonds is 3. The maximum absolute atomic E-state index is 10.1. The van der Waals surface area contributed by atoms with E-state index in [1.807, 2.05) is 19.9 Å². The predicted molar refractivity (Wildman–Crippen MR) is 81.1 cm³/mol. The molecule has 20 heavy (non-hydrogen) atoms. The van der Waals surface area contributed by atoms with Crippen molar-refractivity contribution in [3.8, 4) is 0 Å². The predicted octanol–water partition coefficient (Wildman–Crippen LogP) is 2.83. The molecule has 1 saturated heterocycles. The van der Waals surface area contributed by atoms with Crippen LogP contribution in [0.25, 0.3) is 0 Å². The first-order chi connectivity index (χ1) is 8.93. The van der Waals surface area contributed by atoms with Gasteiger partial charge in [-0.05, 0) is 43.6 Å². The summed E-state index contributed by atoms with van der Waals surface area (Å²) in [6.45, 7) is 15.4. The van der Waals surface area contributed by atoms with E-state index in [1.54, 1.807) is 0 Å². The van der Waals surface area contributed by atoms with Crippen molar-refractivity contribution >= 4 is 8.32 Å². The Morgan fingerprint density at radius 2 is 1.90 bits per heavy atom. The number of aliphatic hydroxyl groups is 1. The first-order valence-electron chi connectivity index (χ1n) is 7.31. The number of aliphatic hydroxyl groups excluding tert-OH is 1. The molecular weight excluding hydrogens is 272 g/mol. The van der Waals surface area contributed by atoms with Crippen molar-refractivity contribution < 1.29 is 19.0 Å². The monoisotopic (exact) mass is 300 g/mol. The van der Waals surface area contributed by atoms with Gasteiger partial charge in [-0.2, -0.15) is 0 Å². The van der Waals surface area contributed by atoms with Gasteiger partial charge in [-0.25, -0.2) is 0 Å². The fraction of sp³-hybridized carbons (Fsp3) is 0.867. The minimum absolute atomic E-state index is 0.176. The molecular formula is C15H28O4Si. The third-order valence-electron chi connectivity index (χ3n) is 4.62. The maximum atomic E-state index is 10.1. The van der Waals surface area contributed by atoms with E-state index in [0.717, 1.165) is 5.57 Å². The lowest BCUT2D eigenvalue weighted by Gasteiger charge is -2.36. The third-order valence-corrected chi connectivity index (χ3v) is 9.10. The van der Waals surface area contributed by atoms with Gasteiger partial charge in [-0.15, -0.1) is 0 Å². The SMILES string of the molecule is CC1(C)O[C@@H]2[C@H](O)C=C(CO[Si](C)(C)C(C)(C)C)[C@@H]2O1. The van der Waals surface area contributed by atoms with Gasteiger partial charge in [-0.1, -0.05) is 20.8 Å². The quantitative estimate of drug-likeness (QED) is 0.643. The van der Waals surface area contributed by atoms with E-state index in [4.69, 9.17) is 13.9 Å². The number of ether oxygens (including phenoxy) is 2. The second kappa shape index (κ2) is 4.92. The average molecular weight is 300 g/mol. The van der Waals surface area contributed by atoms with Gasteiger partial charge in [0.1, 0.15) is 18.3 Å². The molecule has 3 atom stereocenters. The van der Waals surface area contributed by atoms with E-state index in [2.05, 4.69) is 33.9 Å². The Balaban J connectivity index is 2.03. The highest BCUT2D eigenvalue weighted by atomic mass is 28.4. The zero-order chi connectivity index (χ0) is 15.3. The largest absolute Gasteiger partial charge is 0.413 e. The van der Waals surface area contributed by atoms with Crippen LogP contribution in [-0.4, -0.2) is 44.1 Å². The molecule has 2 rings (SSSR count). The molecule has 1 aliphatic heterocycles. The number of fused-ring (bicyclic) bond motifs is 1. The summed E-state index contributed by atoms with van der Waals surface area (Å²) in [4.78, 5) is 0. The third kappa shape index (κ3) is 3.02. The normalized spacial score (nSPS) is 33.2. The zero-order valence-corrected chi connectivity index (χ0v) is 14.7. The van der Waals surface area contributed by atoms with Gasteiger partial charge in [0, 0.05) is 0 Å². The Morgan fingerprint density at radius 3 is 2.45 bits per heavy atom. The van der Waals surface area contributed by atoms with E-state index in [-0.39, 0.29) is 17.2 Å². The highest BCUT2D eigenvalue weighted by molar-refractivity contribution is 6.74. The van der Waals surface area contributed by atoms with Gasteiger partial charge in [0.25, 0.3) is 0 Å². The number of hydrogen-bond acceptors (Lipinski definition) is 4. The van der Waals surface area contributed by atoms with E-state index < -0.39 is 20.2 Å². The molecule has 0 unspecified atom stereocenters. The van der Waals surface area contributed by atoms with Crippen LogP contribution in [0.3, 0.4) is 0 Å². The molecule has 0 radical (unpaired) electrons. The van der Waals surface area contributed by atoms with Crippen LogP contribution in [0.2, 0.25) is 18.1 Å². The van der Waals surface area contributed by atoms with Crippen molar-refractivity contribution in [1.82, 2.24) is 0 Å². The molecule has 0 amide bonds. The van der Waals surface area contributed by atoms with Crippen molar-refractivity contribution in [3.05, 3.63) is 11.6 Å². The summed E-state index contributed by atoms with van der Waals surface area (Å²) >= 11 is 0. The molecule has 0 saturated carbocycles. The fourth-order valence-corrected chi connectivity index (χ4v) is 3.31. The molecule has 116 valence electrons. The van der Waals surface area contributed by atoms with Gasteiger partial charge in [-0.3, -0.25) is 0 Å². The second-order valence-electron chi connectivity index (χ2n) is 7.80. The second-order valence-corrected chi connectivity index (χ2v) is 12.6. The molecule has 1 fully saturated rings. The van der Waals surface area contributed by atoms with E-state index >= 15 is 0 Å². The van der Waals surface area contributed by atoms with Crippen LogP contribution in [0.1, 0.15) is 34.6 Å². The molecule has 0 aromatic heterocycles. The van der Waals surface area contributed by atoms with E-state index in [0.29, 0.717) is 6.61 Å². The smallest absolute Gasteiger partial charge is 0.192 e. The van der Waals surface area contributed by atoms with Crippen LogP contribution in [0.15, 0.2) is 11.6 Å². The maximum Gasteiger partial charge on any atom is 0.192 e. The first-order valence-corrected chi connectivity index (χ1v) is 10.2. The van der Waals surface area contributed by atoms with Crippen molar-refractivity contribution in [2.75, 3.05) is 6.61 Å². The minimum Gasteiger partial charge on any atom is -0.413 e. The van der Waals surface area contributed by atoms with Crippen LogP contribution >= 0.6 is 0 Å². The van der Waals surface area contributed by atoms with Crippen molar-refractivity contribution in [1.29, 1.82) is 0 Å². The summed E-state index contributed by atoms with van der Waals surface area (Å²) in [5.41, 5.74) is 1.01. The standard InChI is InChI=1S/C15H28O4Si/c1-14(2,3)20(6,7)17-9-10-8-11(16)13-12(10)18-15(4,5)19-13/h8,11-13,16H,9H2,1-7H3/t11-,12+,13-/m1/s1. The molecule has 4 nitrogen and oxygen atoms in total. The Hall–Kier alpha value is -0.203. The topological polar surface area (TPSA) is 47.9 Å². The molecule has 1 N–H and O–H groups in total. The highest BCUT2D eigenvalue weighted by Crippen LogP contribution is 2.40. The van der Waals surface area contributed by atoms with Crippen LogP contribution in [0.4, 0.5) is 0 Å². The van der Waals surface area contributed by atoms with Gasteiger partial charge >= 0.3 is 0 Å². The van der Waals surface area contributed by atoms with Crippen molar-refractivity contribution in [2.24, 2.45) is 0 Å².